The largest absolute Gasteiger partial charge is 0.444 e. The molecule has 0 bridgehead atoms. The molecule has 0 radical (unpaired) electrons. The lowest BCUT2D eigenvalue weighted by atomic mass is 10.1. The fourth-order valence-electron chi connectivity index (χ4n) is 3.44. The first-order valence-electron chi connectivity index (χ1n) is 9.39. The topological polar surface area (TPSA) is 73.0 Å². The smallest absolute Gasteiger partial charge is 0.257 e. The number of carbonyl (C=O) groups is 1. The van der Waals surface area contributed by atoms with Gasteiger partial charge in [0.15, 0.2) is 0 Å². The molecule has 3 aromatic heterocycles. The van der Waals surface area contributed by atoms with Crippen LogP contribution in [-0.4, -0.2) is 20.4 Å². The van der Waals surface area contributed by atoms with Crippen molar-refractivity contribution in [1.82, 2.24) is 14.5 Å². The summed E-state index contributed by atoms with van der Waals surface area (Å²) in [7, 11) is 0. The molecule has 0 atom stereocenters. The lowest BCUT2D eigenvalue weighted by Crippen LogP contribution is -2.13. The Bertz CT molecular complexity index is 1190. The Morgan fingerprint density at radius 3 is 2.59 bits per heavy atom. The maximum absolute atomic E-state index is 13.0. The summed E-state index contributed by atoms with van der Waals surface area (Å²) in [6.07, 6.45) is 3.36. The molecule has 1 N–H and O–H groups in total. The standard InChI is InChI=1S/C23H22N4O2/c1-14-8-9-18(12-19(14)23-25-15(2)13-29-23)26-22(28)20-11-16(3)27(17(20)4)21-7-5-6-10-24-21/h5-13H,1-4H3,(H,26,28). The lowest BCUT2D eigenvalue weighted by Gasteiger charge is -2.10. The molecule has 0 aliphatic carbocycles. The van der Waals surface area contributed by atoms with Crippen molar-refractivity contribution >= 4 is 11.6 Å². The van der Waals surface area contributed by atoms with Crippen LogP contribution in [0.15, 0.2) is 59.3 Å². The van der Waals surface area contributed by atoms with Gasteiger partial charge in [-0.1, -0.05) is 12.1 Å². The quantitative estimate of drug-likeness (QED) is 0.535. The number of oxazole rings is 1. The lowest BCUT2D eigenvalue weighted by molar-refractivity contribution is 0.102. The summed E-state index contributed by atoms with van der Waals surface area (Å²) < 4.78 is 7.51. The third-order valence-corrected chi connectivity index (χ3v) is 4.90. The van der Waals surface area contributed by atoms with Crippen LogP contribution in [0, 0.1) is 27.7 Å². The second kappa shape index (κ2) is 7.39. The van der Waals surface area contributed by atoms with Crippen molar-refractivity contribution in [3.8, 4) is 17.3 Å². The fourth-order valence-corrected chi connectivity index (χ4v) is 3.44. The van der Waals surface area contributed by atoms with Crippen LogP contribution in [0.2, 0.25) is 0 Å². The fraction of sp³-hybridized carbons (Fsp3) is 0.174. The van der Waals surface area contributed by atoms with E-state index in [1.54, 1.807) is 12.5 Å². The number of anilines is 1. The van der Waals surface area contributed by atoms with Crippen LogP contribution in [-0.2, 0) is 0 Å². The van der Waals surface area contributed by atoms with Crippen LogP contribution in [0.4, 0.5) is 5.69 Å². The van der Waals surface area contributed by atoms with Gasteiger partial charge in [-0.15, -0.1) is 0 Å². The number of hydrogen-bond acceptors (Lipinski definition) is 4. The predicted octanol–water partition coefficient (Wildman–Crippen LogP) is 5.01. The van der Waals surface area contributed by atoms with Crippen molar-refractivity contribution in [2.75, 3.05) is 5.32 Å². The van der Waals surface area contributed by atoms with Gasteiger partial charge < -0.3 is 14.3 Å². The first-order chi connectivity index (χ1) is 13.9. The summed E-state index contributed by atoms with van der Waals surface area (Å²) in [6.45, 7) is 7.76. The third kappa shape index (κ3) is 3.57. The first kappa shape index (κ1) is 18.7. The Hall–Kier alpha value is -3.67. The molecular weight excluding hydrogens is 364 g/mol. The highest BCUT2D eigenvalue weighted by molar-refractivity contribution is 6.05. The minimum absolute atomic E-state index is 0.168. The van der Waals surface area contributed by atoms with Crippen molar-refractivity contribution in [3.05, 3.63) is 83.1 Å². The molecule has 0 spiro atoms. The zero-order valence-electron chi connectivity index (χ0n) is 16.9. The minimum Gasteiger partial charge on any atom is -0.444 e. The van der Waals surface area contributed by atoms with Gasteiger partial charge in [0.05, 0.1) is 11.3 Å². The highest BCUT2D eigenvalue weighted by Crippen LogP contribution is 2.27. The van der Waals surface area contributed by atoms with Gasteiger partial charge >= 0.3 is 0 Å². The molecule has 1 aromatic carbocycles. The van der Waals surface area contributed by atoms with Crippen molar-refractivity contribution in [2.24, 2.45) is 0 Å². The maximum atomic E-state index is 13.0. The zero-order valence-corrected chi connectivity index (χ0v) is 16.9. The van der Waals surface area contributed by atoms with E-state index in [1.165, 1.54) is 0 Å². The maximum Gasteiger partial charge on any atom is 0.257 e. The number of benzene rings is 1. The third-order valence-electron chi connectivity index (χ3n) is 4.90. The Morgan fingerprint density at radius 1 is 1.07 bits per heavy atom. The minimum atomic E-state index is -0.168. The van der Waals surface area contributed by atoms with Crippen LogP contribution in [0.1, 0.15) is 33.0 Å². The summed E-state index contributed by atoms with van der Waals surface area (Å²) in [4.78, 5) is 21.8. The van der Waals surface area contributed by atoms with Gasteiger partial charge in [0.25, 0.3) is 5.91 Å². The normalized spacial score (nSPS) is 10.9. The van der Waals surface area contributed by atoms with E-state index in [4.69, 9.17) is 4.42 Å². The number of carbonyl (C=O) groups excluding carboxylic acids is 1. The van der Waals surface area contributed by atoms with Crippen LogP contribution in [0.25, 0.3) is 17.3 Å². The number of nitrogens with zero attached hydrogens (tertiary/aromatic N) is 3. The predicted molar refractivity (Wildman–Crippen MR) is 112 cm³/mol. The van der Waals surface area contributed by atoms with Gasteiger partial charge in [-0.05, 0) is 63.6 Å². The average Bonchev–Trinajstić information content (AvgIpc) is 3.26. The van der Waals surface area contributed by atoms with Crippen molar-refractivity contribution in [3.63, 3.8) is 0 Å². The van der Waals surface area contributed by atoms with Gasteiger partial charge in [0, 0.05) is 28.8 Å². The number of aryl methyl sites for hydroxylation is 3. The number of amides is 1. The van der Waals surface area contributed by atoms with E-state index in [2.05, 4.69) is 15.3 Å². The second-order valence-electron chi connectivity index (χ2n) is 7.09. The van der Waals surface area contributed by atoms with E-state index in [0.717, 1.165) is 34.0 Å². The Kier molecular flexibility index (Phi) is 4.76. The summed E-state index contributed by atoms with van der Waals surface area (Å²) >= 11 is 0. The molecule has 0 aliphatic heterocycles. The van der Waals surface area contributed by atoms with E-state index in [0.29, 0.717) is 17.1 Å². The molecular formula is C23H22N4O2. The van der Waals surface area contributed by atoms with Crippen LogP contribution < -0.4 is 5.32 Å². The molecule has 4 aromatic rings. The van der Waals surface area contributed by atoms with E-state index in [1.807, 2.05) is 74.7 Å². The molecule has 0 saturated heterocycles. The zero-order chi connectivity index (χ0) is 20.5. The molecule has 29 heavy (non-hydrogen) atoms. The Balaban J connectivity index is 1.64. The van der Waals surface area contributed by atoms with Crippen molar-refractivity contribution < 1.29 is 9.21 Å². The van der Waals surface area contributed by atoms with Crippen LogP contribution >= 0.6 is 0 Å². The van der Waals surface area contributed by atoms with Crippen molar-refractivity contribution in [2.45, 2.75) is 27.7 Å². The molecule has 6 nitrogen and oxygen atoms in total. The summed E-state index contributed by atoms with van der Waals surface area (Å²) in [5.74, 6) is 1.17. The van der Waals surface area contributed by atoms with Crippen LogP contribution in [0.3, 0.4) is 0 Å². The highest BCUT2D eigenvalue weighted by atomic mass is 16.3. The number of nitrogens with one attached hydrogen (secondary N) is 1. The van der Waals surface area contributed by atoms with Gasteiger partial charge in [-0.3, -0.25) is 4.79 Å². The Labute approximate surface area is 169 Å². The summed E-state index contributed by atoms with van der Waals surface area (Å²) in [6, 6.07) is 13.3. The number of pyridine rings is 1. The monoisotopic (exact) mass is 386 g/mol. The first-order valence-corrected chi connectivity index (χ1v) is 9.39. The molecule has 1 amide bonds. The molecule has 0 aliphatic rings. The number of hydrogen-bond donors (Lipinski definition) is 1. The van der Waals surface area contributed by atoms with Gasteiger partial charge in [-0.2, -0.15) is 0 Å². The average molecular weight is 386 g/mol. The van der Waals surface area contributed by atoms with Gasteiger partial charge in [0.2, 0.25) is 5.89 Å². The number of rotatable bonds is 4. The van der Waals surface area contributed by atoms with Gasteiger partial charge in [-0.25, -0.2) is 9.97 Å². The highest BCUT2D eigenvalue weighted by Gasteiger charge is 2.18. The molecule has 0 unspecified atom stereocenters. The van der Waals surface area contributed by atoms with E-state index in [-0.39, 0.29) is 5.91 Å². The SMILES string of the molecule is Cc1coc(-c2cc(NC(=O)c3cc(C)n(-c4ccccn4)c3C)ccc2C)n1. The Morgan fingerprint density at radius 2 is 1.90 bits per heavy atom. The molecule has 0 fully saturated rings. The molecule has 4 rings (SSSR count). The number of aromatic nitrogens is 3. The van der Waals surface area contributed by atoms with E-state index < -0.39 is 0 Å². The molecule has 3 heterocycles. The molecule has 0 saturated carbocycles. The van der Waals surface area contributed by atoms with Gasteiger partial charge in [0.1, 0.15) is 12.1 Å². The van der Waals surface area contributed by atoms with Crippen LogP contribution in [0.5, 0.6) is 0 Å². The van der Waals surface area contributed by atoms with Crippen molar-refractivity contribution in [1.29, 1.82) is 0 Å². The van der Waals surface area contributed by atoms with E-state index >= 15 is 0 Å². The van der Waals surface area contributed by atoms with E-state index in [9.17, 15) is 4.79 Å². The molecule has 146 valence electrons. The second-order valence-corrected chi connectivity index (χ2v) is 7.09. The summed E-state index contributed by atoms with van der Waals surface area (Å²) in [5.41, 5.74) is 5.79. The molecule has 6 heteroatoms. The summed E-state index contributed by atoms with van der Waals surface area (Å²) in [5, 5.41) is 2.99.